The highest BCUT2D eigenvalue weighted by atomic mass is 35.5. The van der Waals surface area contributed by atoms with Crippen LogP contribution in [0.2, 0.25) is 5.02 Å². The van der Waals surface area contributed by atoms with Crippen LogP contribution in [0, 0.1) is 5.82 Å². The minimum Gasteiger partial charge on any atom is -0.486 e. The van der Waals surface area contributed by atoms with Gasteiger partial charge in [-0.05, 0) is 48.4 Å². The largest absolute Gasteiger partial charge is 0.486 e. The maximum Gasteiger partial charge on any atom is 0.227 e. The van der Waals surface area contributed by atoms with Gasteiger partial charge in [0.05, 0.1) is 6.42 Å². The summed E-state index contributed by atoms with van der Waals surface area (Å²) in [4.78, 5) is 16.2. The minimum atomic E-state index is -0.275. The van der Waals surface area contributed by atoms with Gasteiger partial charge in [0.25, 0.3) is 0 Å². The molecule has 0 saturated heterocycles. The molecule has 1 heterocycles. The molecule has 8 heteroatoms. The first kappa shape index (κ1) is 18.8. The average molecular weight is 389 g/mol. The molecule has 0 fully saturated rings. The normalized spacial score (nSPS) is 10.6. The van der Waals surface area contributed by atoms with Crippen molar-refractivity contribution >= 4 is 17.5 Å². The van der Waals surface area contributed by atoms with Crippen LogP contribution in [0.5, 0.6) is 5.75 Å². The average Bonchev–Trinajstić information content (AvgIpc) is 3.10. The number of hydrogen-bond donors (Lipinski definition) is 2. The van der Waals surface area contributed by atoms with Crippen LogP contribution in [0.15, 0.2) is 48.5 Å². The number of H-pyrrole nitrogens is 1. The molecule has 140 valence electrons. The van der Waals surface area contributed by atoms with Gasteiger partial charge >= 0.3 is 0 Å². The van der Waals surface area contributed by atoms with E-state index in [1.54, 1.807) is 36.4 Å². The minimum absolute atomic E-state index is 0.0703. The number of amides is 1. The molecule has 0 spiro atoms. The van der Waals surface area contributed by atoms with Crippen LogP contribution in [0.1, 0.15) is 17.2 Å². The first-order chi connectivity index (χ1) is 13.1. The zero-order valence-electron chi connectivity index (χ0n) is 14.4. The van der Waals surface area contributed by atoms with Gasteiger partial charge in [-0.1, -0.05) is 23.7 Å². The van der Waals surface area contributed by atoms with E-state index in [9.17, 15) is 9.18 Å². The molecule has 0 radical (unpaired) electrons. The Morgan fingerprint density at radius 2 is 1.89 bits per heavy atom. The molecule has 3 aromatic rings. The predicted octanol–water partition coefficient (Wildman–Crippen LogP) is 3.08. The summed E-state index contributed by atoms with van der Waals surface area (Å²) >= 11 is 5.82. The van der Waals surface area contributed by atoms with Crippen molar-refractivity contribution in [3.8, 4) is 5.75 Å². The SMILES string of the molecule is O=C(Cc1n[nH]c(COc2ccc(Cl)cc2)n1)NCCc1ccc(F)cc1. The van der Waals surface area contributed by atoms with E-state index in [0.29, 0.717) is 35.4 Å². The molecule has 0 atom stereocenters. The Labute approximate surface area is 160 Å². The molecule has 1 amide bonds. The number of aromatic nitrogens is 3. The highest BCUT2D eigenvalue weighted by molar-refractivity contribution is 6.30. The molecule has 2 aromatic carbocycles. The molecule has 0 aliphatic rings. The predicted molar refractivity (Wildman–Crippen MR) is 99.0 cm³/mol. The van der Waals surface area contributed by atoms with Crippen LogP contribution in [-0.2, 0) is 24.2 Å². The maximum atomic E-state index is 12.8. The molecule has 1 aromatic heterocycles. The summed E-state index contributed by atoms with van der Waals surface area (Å²) in [6.07, 6.45) is 0.695. The van der Waals surface area contributed by atoms with E-state index in [2.05, 4.69) is 20.5 Å². The zero-order chi connectivity index (χ0) is 19.1. The van der Waals surface area contributed by atoms with E-state index in [1.165, 1.54) is 12.1 Å². The van der Waals surface area contributed by atoms with Crippen molar-refractivity contribution in [2.75, 3.05) is 6.54 Å². The van der Waals surface area contributed by atoms with Crippen LogP contribution in [0.25, 0.3) is 0 Å². The number of nitrogens with one attached hydrogen (secondary N) is 2. The van der Waals surface area contributed by atoms with Crippen molar-refractivity contribution in [3.63, 3.8) is 0 Å². The van der Waals surface area contributed by atoms with Gasteiger partial charge in [-0.3, -0.25) is 9.89 Å². The van der Waals surface area contributed by atoms with E-state index in [1.807, 2.05) is 0 Å². The molecule has 0 aliphatic heterocycles. The van der Waals surface area contributed by atoms with Crippen molar-refractivity contribution < 1.29 is 13.9 Å². The highest BCUT2D eigenvalue weighted by Crippen LogP contribution is 2.16. The topological polar surface area (TPSA) is 79.9 Å². The first-order valence-electron chi connectivity index (χ1n) is 8.38. The second-order valence-electron chi connectivity index (χ2n) is 5.84. The molecular formula is C19H18ClFN4O2. The van der Waals surface area contributed by atoms with Gasteiger partial charge in [-0.15, -0.1) is 0 Å². The molecular weight excluding hydrogens is 371 g/mol. The Hall–Kier alpha value is -2.93. The number of aromatic amines is 1. The van der Waals surface area contributed by atoms with Gasteiger partial charge in [0.2, 0.25) is 5.91 Å². The fourth-order valence-corrected chi connectivity index (χ4v) is 2.49. The number of ether oxygens (including phenoxy) is 1. The van der Waals surface area contributed by atoms with E-state index >= 15 is 0 Å². The van der Waals surface area contributed by atoms with Crippen LogP contribution in [0.4, 0.5) is 4.39 Å². The third-order valence-electron chi connectivity index (χ3n) is 3.73. The summed E-state index contributed by atoms with van der Waals surface area (Å²) in [5, 5.41) is 10.2. The fourth-order valence-electron chi connectivity index (χ4n) is 2.36. The lowest BCUT2D eigenvalue weighted by atomic mass is 10.1. The molecule has 0 saturated carbocycles. The molecule has 0 unspecified atom stereocenters. The van der Waals surface area contributed by atoms with Gasteiger partial charge < -0.3 is 10.1 Å². The summed E-state index contributed by atoms with van der Waals surface area (Å²) in [5.41, 5.74) is 0.955. The second kappa shape index (κ2) is 9.14. The van der Waals surface area contributed by atoms with E-state index < -0.39 is 0 Å². The molecule has 0 aliphatic carbocycles. The van der Waals surface area contributed by atoms with Crippen molar-refractivity contribution in [1.82, 2.24) is 20.5 Å². The Morgan fingerprint density at radius 3 is 2.63 bits per heavy atom. The summed E-state index contributed by atoms with van der Waals surface area (Å²) in [7, 11) is 0. The lowest BCUT2D eigenvalue weighted by molar-refractivity contribution is -0.120. The zero-order valence-corrected chi connectivity index (χ0v) is 15.2. The first-order valence-corrected chi connectivity index (χ1v) is 8.76. The number of benzene rings is 2. The summed E-state index contributed by atoms with van der Waals surface area (Å²) in [6.45, 7) is 0.669. The molecule has 27 heavy (non-hydrogen) atoms. The standard InChI is InChI=1S/C19H18ClFN4O2/c20-14-3-7-16(8-4-14)27-12-18-23-17(24-25-18)11-19(26)22-10-9-13-1-5-15(21)6-2-13/h1-8H,9-12H2,(H,22,26)(H,23,24,25). The van der Waals surface area contributed by atoms with Gasteiger partial charge in [0.15, 0.2) is 11.6 Å². The Morgan fingerprint density at radius 1 is 1.15 bits per heavy atom. The van der Waals surface area contributed by atoms with Gasteiger partial charge in [0.1, 0.15) is 18.2 Å². The van der Waals surface area contributed by atoms with Crippen molar-refractivity contribution in [2.24, 2.45) is 0 Å². The number of hydrogen-bond acceptors (Lipinski definition) is 4. The molecule has 6 nitrogen and oxygen atoms in total. The summed E-state index contributed by atoms with van der Waals surface area (Å²) in [6, 6.07) is 13.2. The van der Waals surface area contributed by atoms with Crippen molar-refractivity contribution in [2.45, 2.75) is 19.4 Å². The van der Waals surface area contributed by atoms with Crippen LogP contribution >= 0.6 is 11.6 Å². The fraction of sp³-hybridized carbons (Fsp3) is 0.211. The van der Waals surface area contributed by atoms with Crippen molar-refractivity contribution in [3.05, 3.63) is 76.6 Å². The van der Waals surface area contributed by atoms with Crippen LogP contribution in [0.3, 0.4) is 0 Å². The van der Waals surface area contributed by atoms with E-state index in [4.69, 9.17) is 16.3 Å². The number of halogens is 2. The Kier molecular flexibility index (Phi) is 6.38. The summed E-state index contributed by atoms with van der Waals surface area (Å²) in [5.74, 6) is 1.13. The number of nitrogens with zero attached hydrogens (tertiary/aromatic N) is 2. The molecule has 0 bridgehead atoms. The number of carbonyl (C=O) groups excluding carboxylic acids is 1. The van der Waals surface area contributed by atoms with E-state index in [0.717, 1.165) is 5.56 Å². The number of carbonyl (C=O) groups is 1. The molecule has 3 rings (SSSR count). The number of rotatable bonds is 8. The molecule has 2 N–H and O–H groups in total. The Balaban J connectivity index is 1.40. The van der Waals surface area contributed by atoms with Crippen molar-refractivity contribution in [1.29, 1.82) is 0 Å². The second-order valence-corrected chi connectivity index (χ2v) is 6.28. The van der Waals surface area contributed by atoms with Gasteiger partial charge in [-0.2, -0.15) is 5.10 Å². The lowest BCUT2D eigenvalue weighted by Gasteiger charge is -2.04. The van der Waals surface area contributed by atoms with Crippen LogP contribution in [-0.4, -0.2) is 27.6 Å². The van der Waals surface area contributed by atoms with Crippen LogP contribution < -0.4 is 10.1 Å². The lowest BCUT2D eigenvalue weighted by Crippen LogP contribution is -2.27. The maximum absolute atomic E-state index is 12.8. The van der Waals surface area contributed by atoms with Gasteiger partial charge in [0, 0.05) is 11.6 Å². The monoisotopic (exact) mass is 388 g/mol. The quantitative estimate of drug-likeness (QED) is 0.621. The third-order valence-corrected chi connectivity index (χ3v) is 3.99. The highest BCUT2D eigenvalue weighted by Gasteiger charge is 2.09. The summed E-state index contributed by atoms with van der Waals surface area (Å²) < 4.78 is 18.4. The third kappa shape index (κ3) is 6.07. The van der Waals surface area contributed by atoms with E-state index in [-0.39, 0.29) is 24.8 Å². The Bertz CT molecular complexity index is 881. The van der Waals surface area contributed by atoms with Gasteiger partial charge in [-0.25, -0.2) is 9.37 Å². The smallest absolute Gasteiger partial charge is 0.227 e.